The lowest BCUT2D eigenvalue weighted by molar-refractivity contribution is 0.0840. The maximum atomic E-state index is 10.9. The Balaban J connectivity index is 3.76. The predicted octanol–water partition coefficient (Wildman–Crippen LogP) is 1.86. The van der Waals surface area contributed by atoms with Crippen molar-refractivity contribution in [1.82, 2.24) is 4.90 Å². The fraction of sp³-hybridized carbons (Fsp3) is 0.857. The fourth-order valence-corrected chi connectivity index (χ4v) is 0.466. The van der Waals surface area contributed by atoms with Gasteiger partial charge in [0.15, 0.2) is 0 Å². The Kier molecular flexibility index (Phi) is 4.49. The SMILES string of the molecule is CC(Br)C(C)OC(=O)N(C)C. The van der Waals surface area contributed by atoms with Crippen molar-refractivity contribution in [3.63, 3.8) is 0 Å². The van der Waals surface area contributed by atoms with Crippen LogP contribution < -0.4 is 0 Å². The van der Waals surface area contributed by atoms with Crippen molar-refractivity contribution in [2.75, 3.05) is 14.1 Å². The molecule has 0 radical (unpaired) electrons. The maximum absolute atomic E-state index is 10.9. The quantitative estimate of drug-likeness (QED) is 0.670. The van der Waals surface area contributed by atoms with Crippen LogP contribution in [0.25, 0.3) is 0 Å². The van der Waals surface area contributed by atoms with Crippen LogP contribution in [0.4, 0.5) is 4.79 Å². The third-order valence-corrected chi connectivity index (χ3v) is 2.04. The minimum atomic E-state index is -0.302. The molecule has 0 fully saturated rings. The molecule has 11 heavy (non-hydrogen) atoms. The van der Waals surface area contributed by atoms with E-state index in [0.29, 0.717) is 0 Å². The molecule has 0 spiro atoms. The summed E-state index contributed by atoms with van der Waals surface area (Å²) in [6.45, 7) is 3.79. The predicted molar refractivity (Wildman–Crippen MR) is 48.0 cm³/mol. The summed E-state index contributed by atoms with van der Waals surface area (Å²) < 4.78 is 5.01. The van der Waals surface area contributed by atoms with Crippen LogP contribution in [0, 0.1) is 0 Å². The van der Waals surface area contributed by atoms with Crippen LogP contribution >= 0.6 is 15.9 Å². The topological polar surface area (TPSA) is 29.5 Å². The first-order valence-electron chi connectivity index (χ1n) is 3.47. The van der Waals surface area contributed by atoms with E-state index in [4.69, 9.17) is 4.74 Å². The van der Waals surface area contributed by atoms with E-state index < -0.39 is 0 Å². The van der Waals surface area contributed by atoms with Crippen LogP contribution in [0.15, 0.2) is 0 Å². The lowest BCUT2D eigenvalue weighted by Gasteiger charge is -2.18. The number of hydrogen-bond donors (Lipinski definition) is 0. The Labute approximate surface area is 75.8 Å². The van der Waals surface area contributed by atoms with Crippen molar-refractivity contribution in [2.45, 2.75) is 24.8 Å². The van der Waals surface area contributed by atoms with Crippen LogP contribution in [0.1, 0.15) is 13.8 Å². The molecule has 2 unspecified atom stereocenters. The summed E-state index contributed by atoms with van der Waals surface area (Å²) in [6, 6.07) is 0. The molecule has 4 heteroatoms. The summed E-state index contributed by atoms with van der Waals surface area (Å²) >= 11 is 3.32. The normalized spacial score (nSPS) is 15.4. The van der Waals surface area contributed by atoms with E-state index in [2.05, 4.69) is 15.9 Å². The highest BCUT2D eigenvalue weighted by atomic mass is 79.9. The Hall–Kier alpha value is -0.250. The minimum absolute atomic E-state index is 0.0927. The number of hydrogen-bond acceptors (Lipinski definition) is 2. The van der Waals surface area contributed by atoms with Crippen molar-refractivity contribution >= 4 is 22.0 Å². The standard InChI is InChI=1S/C7H14BrNO2/c1-5(8)6(2)11-7(10)9(3)4/h5-6H,1-4H3. The summed E-state index contributed by atoms with van der Waals surface area (Å²) in [7, 11) is 3.32. The van der Waals surface area contributed by atoms with Gasteiger partial charge in [-0.15, -0.1) is 0 Å². The number of amides is 1. The van der Waals surface area contributed by atoms with Crippen LogP contribution in [0.2, 0.25) is 0 Å². The van der Waals surface area contributed by atoms with Crippen molar-refractivity contribution in [3.8, 4) is 0 Å². The molecule has 0 N–H and O–H groups in total. The Bertz CT molecular complexity index is 136. The molecule has 0 rings (SSSR count). The molecular formula is C7H14BrNO2. The van der Waals surface area contributed by atoms with Gasteiger partial charge >= 0.3 is 6.09 Å². The zero-order chi connectivity index (χ0) is 9.02. The van der Waals surface area contributed by atoms with Gasteiger partial charge in [0.05, 0.1) is 0 Å². The number of nitrogens with zero attached hydrogens (tertiary/aromatic N) is 1. The van der Waals surface area contributed by atoms with Crippen LogP contribution in [-0.2, 0) is 4.74 Å². The number of carbonyl (C=O) groups excluding carboxylic acids is 1. The third kappa shape index (κ3) is 4.24. The third-order valence-electron chi connectivity index (χ3n) is 1.30. The zero-order valence-corrected chi connectivity index (χ0v) is 8.88. The number of alkyl halides is 1. The van der Waals surface area contributed by atoms with Gasteiger partial charge in [0, 0.05) is 18.9 Å². The highest BCUT2D eigenvalue weighted by Crippen LogP contribution is 2.08. The van der Waals surface area contributed by atoms with Gasteiger partial charge in [0.1, 0.15) is 6.10 Å². The summed E-state index contributed by atoms with van der Waals surface area (Å²) in [4.78, 5) is 12.5. The number of rotatable bonds is 2. The fourth-order valence-electron chi connectivity index (χ4n) is 0.358. The van der Waals surface area contributed by atoms with Gasteiger partial charge < -0.3 is 9.64 Å². The van der Waals surface area contributed by atoms with Crippen LogP contribution in [0.3, 0.4) is 0 Å². The molecular weight excluding hydrogens is 210 g/mol. The van der Waals surface area contributed by atoms with E-state index in [-0.39, 0.29) is 17.0 Å². The molecule has 0 bridgehead atoms. The highest BCUT2D eigenvalue weighted by molar-refractivity contribution is 9.09. The van der Waals surface area contributed by atoms with Gasteiger partial charge in [-0.1, -0.05) is 15.9 Å². The van der Waals surface area contributed by atoms with E-state index >= 15 is 0 Å². The second-order valence-electron chi connectivity index (χ2n) is 2.66. The van der Waals surface area contributed by atoms with E-state index in [0.717, 1.165) is 0 Å². The molecule has 0 aromatic carbocycles. The molecule has 2 atom stereocenters. The first-order valence-corrected chi connectivity index (χ1v) is 4.38. The van der Waals surface area contributed by atoms with Gasteiger partial charge in [-0.2, -0.15) is 0 Å². The molecule has 66 valence electrons. The van der Waals surface area contributed by atoms with Crippen molar-refractivity contribution in [3.05, 3.63) is 0 Å². The molecule has 0 aromatic heterocycles. The average molecular weight is 224 g/mol. The second kappa shape index (κ2) is 4.59. The number of ether oxygens (including phenoxy) is 1. The van der Waals surface area contributed by atoms with Crippen molar-refractivity contribution < 1.29 is 9.53 Å². The average Bonchev–Trinajstić information content (AvgIpc) is 1.87. The number of carbonyl (C=O) groups is 1. The molecule has 0 saturated heterocycles. The first kappa shape index (κ1) is 10.8. The van der Waals surface area contributed by atoms with Crippen molar-refractivity contribution in [1.29, 1.82) is 0 Å². The van der Waals surface area contributed by atoms with Gasteiger partial charge in [0.25, 0.3) is 0 Å². The van der Waals surface area contributed by atoms with E-state index in [9.17, 15) is 4.79 Å². The van der Waals surface area contributed by atoms with E-state index in [1.165, 1.54) is 4.90 Å². The molecule has 1 amide bonds. The van der Waals surface area contributed by atoms with Crippen LogP contribution in [-0.4, -0.2) is 36.0 Å². The maximum Gasteiger partial charge on any atom is 0.409 e. The molecule has 3 nitrogen and oxygen atoms in total. The van der Waals surface area contributed by atoms with Crippen molar-refractivity contribution in [2.24, 2.45) is 0 Å². The zero-order valence-electron chi connectivity index (χ0n) is 7.30. The van der Waals surface area contributed by atoms with Crippen LogP contribution in [0.5, 0.6) is 0 Å². The summed E-state index contributed by atoms with van der Waals surface area (Å²) in [5.41, 5.74) is 0. The van der Waals surface area contributed by atoms with Gasteiger partial charge in [-0.3, -0.25) is 0 Å². The summed E-state index contributed by atoms with van der Waals surface area (Å²) in [5, 5.41) is 0. The van der Waals surface area contributed by atoms with E-state index in [1.54, 1.807) is 14.1 Å². The minimum Gasteiger partial charge on any atom is -0.445 e. The smallest absolute Gasteiger partial charge is 0.409 e. The second-order valence-corrected chi connectivity index (χ2v) is 4.11. The molecule has 0 heterocycles. The summed E-state index contributed by atoms with van der Waals surface area (Å²) in [6.07, 6.45) is -0.395. The van der Waals surface area contributed by atoms with Gasteiger partial charge in [0.2, 0.25) is 0 Å². The molecule has 0 aliphatic rings. The first-order chi connectivity index (χ1) is 4.95. The van der Waals surface area contributed by atoms with Gasteiger partial charge in [-0.25, -0.2) is 4.79 Å². The van der Waals surface area contributed by atoms with E-state index in [1.807, 2.05) is 13.8 Å². The highest BCUT2D eigenvalue weighted by Gasteiger charge is 2.14. The van der Waals surface area contributed by atoms with Gasteiger partial charge in [-0.05, 0) is 13.8 Å². The monoisotopic (exact) mass is 223 g/mol. The Morgan fingerprint density at radius 1 is 1.45 bits per heavy atom. The Morgan fingerprint density at radius 3 is 2.18 bits per heavy atom. The Morgan fingerprint density at radius 2 is 1.91 bits per heavy atom. The molecule has 0 aliphatic carbocycles. The molecule has 0 aliphatic heterocycles. The largest absolute Gasteiger partial charge is 0.445 e. The lowest BCUT2D eigenvalue weighted by Crippen LogP contribution is -2.29. The molecule has 0 aromatic rings. The number of halogens is 1. The summed E-state index contributed by atoms with van der Waals surface area (Å²) in [5.74, 6) is 0. The lowest BCUT2D eigenvalue weighted by atomic mass is 10.3. The molecule has 0 saturated carbocycles.